The van der Waals surface area contributed by atoms with Crippen molar-refractivity contribution < 1.29 is 37.5 Å². The van der Waals surface area contributed by atoms with Crippen molar-refractivity contribution in [2.24, 2.45) is 5.41 Å². The van der Waals surface area contributed by atoms with Crippen molar-refractivity contribution >= 4 is 25.4 Å². The molecule has 0 aliphatic carbocycles. The first kappa shape index (κ1) is 27.6. The van der Waals surface area contributed by atoms with Gasteiger partial charge in [-0.2, -0.15) is 0 Å². The highest BCUT2D eigenvalue weighted by molar-refractivity contribution is 7.55. The number of esters is 2. The second-order valence-corrected chi connectivity index (χ2v) is 11.0. The van der Waals surface area contributed by atoms with Gasteiger partial charge in [-0.1, -0.05) is 49.4 Å². The Bertz CT molecular complexity index is 1090. The Kier molecular flexibility index (Phi) is 9.43. The topological polar surface area (TPSA) is 117 Å². The summed E-state index contributed by atoms with van der Waals surface area (Å²) in [4.78, 5) is 37.3. The van der Waals surface area contributed by atoms with E-state index in [9.17, 15) is 18.9 Å². The Morgan fingerprint density at radius 1 is 0.972 bits per heavy atom. The number of carbonyl (C=O) groups is 3. The van der Waals surface area contributed by atoms with Gasteiger partial charge in [0.1, 0.15) is 6.61 Å². The fourth-order valence-electron chi connectivity index (χ4n) is 3.57. The summed E-state index contributed by atoms with van der Waals surface area (Å²) in [6, 6.07) is 16.1. The highest BCUT2D eigenvalue weighted by Crippen LogP contribution is 2.58. The van der Waals surface area contributed by atoms with Crippen molar-refractivity contribution in [2.45, 2.75) is 46.0 Å². The first-order valence-electron chi connectivity index (χ1n) is 11.8. The molecule has 0 spiro atoms. The lowest BCUT2D eigenvalue weighted by molar-refractivity contribution is -0.143. The highest BCUT2D eigenvalue weighted by atomic mass is 31.2. The molecular weight excluding hydrogens is 485 g/mol. The quantitative estimate of drug-likeness (QED) is 0.367. The lowest BCUT2D eigenvalue weighted by Gasteiger charge is -2.37. The molecule has 0 bridgehead atoms. The van der Waals surface area contributed by atoms with E-state index < -0.39 is 30.6 Å². The van der Waals surface area contributed by atoms with E-state index >= 15 is 0 Å². The first-order chi connectivity index (χ1) is 17.2. The molecular formula is C26H32NO8P. The summed E-state index contributed by atoms with van der Waals surface area (Å²) < 4.78 is 34.4. The van der Waals surface area contributed by atoms with Crippen LogP contribution >= 0.6 is 7.60 Å². The van der Waals surface area contributed by atoms with Crippen LogP contribution in [-0.4, -0.2) is 43.3 Å². The summed E-state index contributed by atoms with van der Waals surface area (Å²) in [7, 11) is -3.75. The zero-order valence-electron chi connectivity index (χ0n) is 20.7. The van der Waals surface area contributed by atoms with E-state index in [1.54, 1.807) is 45.0 Å². The summed E-state index contributed by atoms with van der Waals surface area (Å²) in [6.45, 7) is 5.25. The van der Waals surface area contributed by atoms with E-state index in [0.29, 0.717) is 5.56 Å². The second kappa shape index (κ2) is 12.3. The maximum Gasteiger partial charge on any atom is 0.344 e. The number of hydrogen-bond acceptors (Lipinski definition) is 8. The van der Waals surface area contributed by atoms with Gasteiger partial charge < -0.3 is 23.8 Å². The minimum atomic E-state index is -3.75. The molecule has 1 aliphatic heterocycles. The lowest BCUT2D eigenvalue weighted by atomic mass is 9.92. The minimum Gasteiger partial charge on any atom is -0.465 e. The summed E-state index contributed by atoms with van der Waals surface area (Å²) in [6.07, 6.45) is 0.231. The van der Waals surface area contributed by atoms with Crippen LogP contribution in [-0.2, 0) is 45.8 Å². The molecule has 194 valence electrons. The van der Waals surface area contributed by atoms with Gasteiger partial charge >= 0.3 is 19.5 Å². The van der Waals surface area contributed by atoms with Crippen molar-refractivity contribution in [1.29, 1.82) is 0 Å². The van der Waals surface area contributed by atoms with Crippen molar-refractivity contribution in [2.75, 3.05) is 19.8 Å². The summed E-state index contributed by atoms with van der Waals surface area (Å²) in [5.41, 5.74) is -0.0184. The normalized spacial score (nSPS) is 22.3. The van der Waals surface area contributed by atoms with Crippen molar-refractivity contribution in [3.63, 3.8) is 0 Å². The minimum absolute atomic E-state index is 0.155. The second-order valence-electron chi connectivity index (χ2n) is 8.76. The van der Waals surface area contributed by atoms with Crippen molar-refractivity contribution in [3.05, 3.63) is 71.3 Å². The maximum absolute atomic E-state index is 13.1. The molecule has 1 unspecified atom stereocenters. The molecule has 1 N–H and O–H groups in total. The molecule has 1 heterocycles. The zero-order valence-corrected chi connectivity index (χ0v) is 21.6. The van der Waals surface area contributed by atoms with E-state index in [2.05, 4.69) is 5.32 Å². The monoisotopic (exact) mass is 517 g/mol. The third kappa shape index (κ3) is 6.81. The molecule has 0 aromatic heterocycles. The lowest BCUT2D eigenvalue weighted by Crippen LogP contribution is -2.47. The van der Waals surface area contributed by atoms with Gasteiger partial charge in [0.2, 0.25) is 5.91 Å². The van der Waals surface area contributed by atoms with E-state index in [4.69, 9.17) is 18.5 Å². The predicted molar refractivity (Wildman–Crippen MR) is 132 cm³/mol. The van der Waals surface area contributed by atoms with Crippen LogP contribution in [0.25, 0.3) is 0 Å². The average molecular weight is 518 g/mol. The van der Waals surface area contributed by atoms with Crippen LogP contribution in [0.2, 0.25) is 0 Å². The number of benzene rings is 2. The molecule has 3 rings (SSSR count). The molecule has 0 radical (unpaired) electrons. The van der Waals surface area contributed by atoms with Crippen LogP contribution in [0.3, 0.4) is 0 Å². The van der Waals surface area contributed by atoms with Crippen molar-refractivity contribution in [1.82, 2.24) is 5.32 Å². The molecule has 0 saturated carbocycles. The van der Waals surface area contributed by atoms with Gasteiger partial charge in [-0.15, -0.1) is 0 Å². The van der Waals surface area contributed by atoms with Gasteiger partial charge in [0.25, 0.3) is 0 Å². The molecule has 10 heteroatoms. The zero-order chi connectivity index (χ0) is 26.2. The number of nitrogens with one attached hydrogen (secondary N) is 1. The Balaban J connectivity index is 1.50. The third-order valence-electron chi connectivity index (χ3n) is 5.86. The smallest absolute Gasteiger partial charge is 0.344 e. The van der Waals surface area contributed by atoms with Gasteiger partial charge in [0.05, 0.1) is 30.8 Å². The van der Waals surface area contributed by atoms with Crippen LogP contribution in [0.4, 0.5) is 0 Å². The van der Waals surface area contributed by atoms with Gasteiger partial charge in [0, 0.05) is 6.54 Å². The van der Waals surface area contributed by atoms with Crippen molar-refractivity contribution in [3.8, 4) is 0 Å². The number of hydrogen-bond donors (Lipinski definition) is 1. The number of ether oxygens (including phenoxy) is 2. The number of amides is 1. The molecule has 1 fully saturated rings. The Morgan fingerprint density at radius 3 is 2.19 bits per heavy atom. The molecule has 1 amide bonds. The van der Waals surface area contributed by atoms with Gasteiger partial charge in [-0.25, -0.2) is 4.79 Å². The standard InChI is InChI=1S/C26H32NO8P/c1-4-22(24(29)32-5-2)36(31)34-17-26(3,18-35-36)25(30)27-15-19-11-13-21(14-12-19)23(28)33-16-20-9-7-6-8-10-20/h6-14,22H,4-5,15-18H2,1-3H3,(H,27,30). The molecule has 2 aromatic rings. The Labute approximate surface area is 211 Å². The van der Waals surface area contributed by atoms with E-state index in [-0.39, 0.29) is 45.3 Å². The maximum atomic E-state index is 13.1. The third-order valence-corrected chi connectivity index (χ3v) is 8.17. The fraction of sp³-hybridized carbons (Fsp3) is 0.423. The van der Waals surface area contributed by atoms with E-state index in [0.717, 1.165) is 11.1 Å². The summed E-state index contributed by atoms with van der Waals surface area (Å²) in [5, 5.41) is 2.82. The first-order valence-corrected chi connectivity index (χ1v) is 13.5. The van der Waals surface area contributed by atoms with E-state index in [1.807, 2.05) is 30.3 Å². The predicted octanol–water partition coefficient (Wildman–Crippen LogP) is 4.25. The van der Waals surface area contributed by atoms with Crippen LogP contribution in [0.15, 0.2) is 54.6 Å². The summed E-state index contributed by atoms with van der Waals surface area (Å²) >= 11 is 0. The number of carbonyl (C=O) groups excluding carboxylic acids is 3. The molecule has 1 aliphatic rings. The molecule has 36 heavy (non-hydrogen) atoms. The fourth-order valence-corrected chi connectivity index (χ4v) is 5.72. The Morgan fingerprint density at radius 2 is 1.61 bits per heavy atom. The van der Waals surface area contributed by atoms with Gasteiger partial charge in [-0.3, -0.25) is 14.2 Å². The van der Waals surface area contributed by atoms with E-state index in [1.165, 1.54) is 0 Å². The largest absolute Gasteiger partial charge is 0.465 e. The van der Waals surface area contributed by atoms with Crippen LogP contribution in [0, 0.1) is 5.41 Å². The highest BCUT2D eigenvalue weighted by Gasteiger charge is 2.50. The molecule has 1 atom stereocenters. The average Bonchev–Trinajstić information content (AvgIpc) is 2.89. The van der Waals surface area contributed by atoms with Crippen LogP contribution in [0.1, 0.15) is 48.7 Å². The van der Waals surface area contributed by atoms with Crippen LogP contribution < -0.4 is 5.32 Å². The van der Waals surface area contributed by atoms with Gasteiger partial charge in [-0.05, 0) is 43.5 Å². The SMILES string of the molecule is CCOC(=O)C(CC)P1(=O)OCC(C)(C(=O)NCc2ccc(C(=O)OCc3ccccc3)cc2)CO1. The number of rotatable bonds is 10. The molecule has 9 nitrogen and oxygen atoms in total. The molecule has 1 saturated heterocycles. The van der Waals surface area contributed by atoms with Gasteiger partial charge in [0.15, 0.2) is 5.66 Å². The summed E-state index contributed by atoms with van der Waals surface area (Å²) in [5.74, 6) is -1.41. The van der Waals surface area contributed by atoms with Crippen LogP contribution in [0.5, 0.6) is 0 Å². The Hall–Kier alpha value is -3.00. The molecule has 2 aromatic carbocycles.